The van der Waals surface area contributed by atoms with Crippen LogP contribution < -0.4 is 5.32 Å². The van der Waals surface area contributed by atoms with Crippen molar-refractivity contribution in [1.82, 2.24) is 0 Å². The van der Waals surface area contributed by atoms with Gasteiger partial charge in [0.1, 0.15) is 6.07 Å². The Morgan fingerprint density at radius 3 is 2.75 bits per heavy atom. The summed E-state index contributed by atoms with van der Waals surface area (Å²) in [6.45, 7) is 4.16. The standard InChI is InChI=1S/C13H12N2S/c1-9-4-3-5-12(10(9)2)15-13-8-16-7-11(13)6-14/h3-5,7-8,15H,1-2H3. The second-order valence-electron chi connectivity index (χ2n) is 3.68. The van der Waals surface area contributed by atoms with Crippen molar-refractivity contribution in [3.05, 3.63) is 45.6 Å². The van der Waals surface area contributed by atoms with Gasteiger partial charge in [0.25, 0.3) is 0 Å². The van der Waals surface area contributed by atoms with Crippen LogP contribution in [0.4, 0.5) is 11.4 Å². The molecule has 2 nitrogen and oxygen atoms in total. The molecule has 0 aliphatic heterocycles. The molecule has 0 aliphatic carbocycles. The fraction of sp³-hybridized carbons (Fsp3) is 0.154. The molecule has 0 atom stereocenters. The minimum absolute atomic E-state index is 0.700. The first-order valence-corrected chi connectivity index (χ1v) is 5.96. The summed E-state index contributed by atoms with van der Waals surface area (Å²) in [5.74, 6) is 0. The first kappa shape index (κ1) is 10.7. The number of hydrogen-bond acceptors (Lipinski definition) is 3. The van der Waals surface area contributed by atoms with Crippen molar-refractivity contribution in [3.8, 4) is 6.07 Å². The monoisotopic (exact) mass is 228 g/mol. The minimum atomic E-state index is 0.700. The van der Waals surface area contributed by atoms with Gasteiger partial charge in [0, 0.05) is 16.4 Å². The number of hydrogen-bond donors (Lipinski definition) is 1. The van der Waals surface area contributed by atoms with E-state index < -0.39 is 0 Å². The summed E-state index contributed by atoms with van der Waals surface area (Å²) in [5, 5.41) is 16.0. The van der Waals surface area contributed by atoms with Crippen molar-refractivity contribution >= 4 is 22.7 Å². The molecule has 1 aromatic heterocycles. The smallest absolute Gasteiger partial charge is 0.102 e. The van der Waals surface area contributed by atoms with Crippen LogP contribution in [0.5, 0.6) is 0 Å². The lowest BCUT2D eigenvalue weighted by molar-refractivity contribution is 1.33. The van der Waals surface area contributed by atoms with Crippen LogP contribution in [0.25, 0.3) is 0 Å². The molecule has 0 unspecified atom stereocenters. The number of thiophene rings is 1. The third-order valence-electron chi connectivity index (χ3n) is 2.66. The topological polar surface area (TPSA) is 35.8 Å². The van der Waals surface area contributed by atoms with Gasteiger partial charge in [-0.2, -0.15) is 5.26 Å². The second-order valence-corrected chi connectivity index (χ2v) is 4.43. The highest BCUT2D eigenvalue weighted by Crippen LogP contribution is 2.27. The van der Waals surface area contributed by atoms with E-state index in [0.717, 1.165) is 11.4 Å². The molecule has 2 rings (SSSR count). The molecule has 0 saturated heterocycles. The normalized spacial score (nSPS) is 9.81. The van der Waals surface area contributed by atoms with Gasteiger partial charge in [0.2, 0.25) is 0 Å². The zero-order valence-corrected chi connectivity index (χ0v) is 10.1. The van der Waals surface area contributed by atoms with Gasteiger partial charge in [-0.1, -0.05) is 12.1 Å². The average molecular weight is 228 g/mol. The lowest BCUT2D eigenvalue weighted by Gasteiger charge is -2.10. The molecule has 0 bridgehead atoms. The van der Waals surface area contributed by atoms with Crippen molar-refractivity contribution in [3.63, 3.8) is 0 Å². The molecule has 1 heterocycles. The van der Waals surface area contributed by atoms with E-state index in [1.165, 1.54) is 22.5 Å². The van der Waals surface area contributed by atoms with E-state index in [1.54, 1.807) is 0 Å². The van der Waals surface area contributed by atoms with E-state index in [0.29, 0.717) is 5.56 Å². The molecule has 2 aromatic rings. The van der Waals surface area contributed by atoms with Gasteiger partial charge >= 0.3 is 0 Å². The van der Waals surface area contributed by atoms with Crippen LogP contribution in [-0.4, -0.2) is 0 Å². The Kier molecular flexibility index (Phi) is 2.93. The van der Waals surface area contributed by atoms with Gasteiger partial charge in [0.05, 0.1) is 11.3 Å². The van der Waals surface area contributed by atoms with E-state index in [2.05, 4.69) is 31.3 Å². The molecule has 1 N–H and O–H groups in total. The molecule has 0 radical (unpaired) electrons. The SMILES string of the molecule is Cc1cccc(Nc2cscc2C#N)c1C. The number of nitrogens with one attached hydrogen (secondary N) is 1. The molecular formula is C13H12N2S. The van der Waals surface area contributed by atoms with Crippen LogP contribution >= 0.6 is 11.3 Å². The van der Waals surface area contributed by atoms with Gasteiger partial charge in [0.15, 0.2) is 0 Å². The fourth-order valence-corrected chi connectivity index (χ4v) is 2.22. The number of benzene rings is 1. The Morgan fingerprint density at radius 2 is 2.00 bits per heavy atom. The van der Waals surface area contributed by atoms with Crippen molar-refractivity contribution < 1.29 is 0 Å². The summed E-state index contributed by atoms with van der Waals surface area (Å²) < 4.78 is 0. The van der Waals surface area contributed by atoms with E-state index in [4.69, 9.17) is 5.26 Å². The zero-order chi connectivity index (χ0) is 11.5. The third-order valence-corrected chi connectivity index (χ3v) is 3.40. The predicted octanol–water partition coefficient (Wildman–Crippen LogP) is 3.98. The highest BCUT2D eigenvalue weighted by molar-refractivity contribution is 7.08. The molecular weight excluding hydrogens is 216 g/mol. The van der Waals surface area contributed by atoms with Gasteiger partial charge < -0.3 is 5.32 Å². The van der Waals surface area contributed by atoms with Crippen molar-refractivity contribution in [2.75, 3.05) is 5.32 Å². The number of nitriles is 1. The van der Waals surface area contributed by atoms with Crippen LogP contribution in [0.2, 0.25) is 0 Å². The quantitative estimate of drug-likeness (QED) is 0.843. The predicted molar refractivity (Wildman–Crippen MR) is 68.2 cm³/mol. The summed E-state index contributed by atoms with van der Waals surface area (Å²) in [5.41, 5.74) is 5.12. The molecule has 3 heteroatoms. The maximum absolute atomic E-state index is 8.93. The number of nitrogens with zero attached hydrogens (tertiary/aromatic N) is 1. The molecule has 80 valence electrons. The zero-order valence-electron chi connectivity index (χ0n) is 9.24. The third kappa shape index (κ3) is 1.93. The van der Waals surface area contributed by atoms with Gasteiger partial charge in [-0.15, -0.1) is 11.3 Å². The largest absolute Gasteiger partial charge is 0.354 e. The molecule has 1 aromatic carbocycles. The Bertz CT molecular complexity index is 549. The molecule has 16 heavy (non-hydrogen) atoms. The molecule has 0 aliphatic rings. The summed E-state index contributed by atoms with van der Waals surface area (Å²) in [7, 11) is 0. The van der Waals surface area contributed by atoms with Gasteiger partial charge in [-0.05, 0) is 31.0 Å². The maximum Gasteiger partial charge on any atom is 0.102 e. The average Bonchev–Trinajstić information content (AvgIpc) is 2.72. The summed E-state index contributed by atoms with van der Waals surface area (Å²) in [6, 6.07) is 8.31. The molecule has 0 fully saturated rings. The van der Waals surface area contributed by atoms with Crippen LogP contribution in [0.15, 0.2) is 29.0 Å². The molecule has 0 amide bonds. The first-order valence-electron chi connectivity index (χ1n) is 5.02. The van der Waals surface area contributed by atoms with Crippen LogP contribution in [0.1, 0.15) is 16.7 Å². The van der Waals surface area contributed by atoms with E-state index in [-0.39, 0.29) is 0 Å². The second kappa shape index (κ2) is 4.38. The highest BCUT2D eigenvalue weighted by Gasteiger charge is 2.05. The Balaban J connectivity index is 2.35. The molecule has 0 saturated carbocycles. The van der Waals surface area contributed by atoms with Crippen molar-refractivity contribution in [2.24, 2.45) is 0 Å². The van der Waals surface area contributed by atoms with Gasteiger partial charge in [-0.25, -0.2) is 0 Å². The lowest BCUT2D eigenvalue weighted by Crippen LogP contribution is -1.94. The lowest BCUT2D eigenvalue weighted by atomic mass is 10.1. The van der Waals surface area contributed by atoms with E-state index in [1.807, 2.05) is 22.9 Å². The molecule has 0 spiro atoms. The van der Waals surface area contributed by atoms with Crippen molar-refractivity contribution in [2.45, 2.75) is 13.8 Å². The summed E-state index contributed by atoms with van der Waals surface area (Å²) >= 11 is 1.54. The minimum Gasteiger partial charge on any atom is -0.354 e. The van der Waals surface area contributed by atoms with Crippen molar-refractivity contribution in [1.29, 1.82) is 5.26 Å². The van der Waals surface area contributed by atoms with Crippen LogP contribution in [0.3, 0.4) is 0 Å². The number of anilines is 2. The first-order chi connectivity index (χ1) is 7.72. The number of rotatable bonds is 2. The van der Waals surface area contributed by atoms with E-state index >= 15 is 0 Å². The van der Waals surface area contributed by atoms with E-state index in [9.17, 15) is 0 Å². The highest BCUT2D eigenvalue weighted by atomic mass is 32.1. The van der Waals surface area contributed by atoms with Crippen LogP contribution in [-0.2, 0) is 0 Å². The summed E-state index contributed by atoms with van der Waals surface area (Å²) in [6.07, 6.45) is 0. The van der Waals surface area contributed by atoms with Gasteiger partial charge in [-0.3, -0.25) is 0 Å². The maximum atomic E-state index is 8.93. The van der Waals surface area contributed by atoms with Crippen LogP contribution in [0, 0.1) is 25.2 Å². The number of aryl methyl sites for hydroxylation is 1. The fourth-order valence-electron chi connectivity index (χ4n) is 1.51. The Labute approximate surface area is 99.2 Å². The Hall–Kier alpha value is -1.79. The summed E-state index contributed by atoms with van der Waals surface area (Å²) in [4.78, 5) is 0. The Morgan fingerprint density at radius 1 is 1.19 bits per heavy atom.